The van der Waals surface area contributed by atoms with Crippen molar-refractivity contribution in [2.45, 2.75) is 20.4 Å². The van der Waals surface area contributed by atoms with Gasteiger partial charge in [0.15, 0.2) is 0 Å². The summed E-state index contributed by atoms with van der Waals surface area (Å²) in [5, 5.41) is 11.7. The van der Waals surface area contributed by atoms with Gasteiger partial charge < -0.3 is 9.77 Å². The van der Waals surface area contributed by atoms with E-state index in [0.717, 1.165) is 11.0 Å². The number of hydrogen-bond acceptors (Lipinski definition) is 4. The molecule has 0 atom stereocenters. The molecule has 21 heavy (non-hydrogen) atoms. The van der Waals surface area contributed by atoms with Gasteiger partial charge in [-0.05, 0) is 18.1 Å². The van der Waals surface area contributed by atoms with E-state index in [2.05, 4.69) is 24.0 Å². The normalized spacial score (nSPS) is 12.1. The number of hydrogen-bond donors (Lipinski definition) is 1. The third-order valence-electron chi connectivity index (χ3n) is 3.40. The lowest BCUT2D eigenvalue weighted by atomic mass is 10.2. The second kappa shape index (κ2) is 5.05. The molecule has 1 N–H and O–H groups in total. The Labute approximate surface area is 121 Å². The van der Waals surface area contributed by atoms with Crippen molar-refractivity contribution in [1.29, 1.82) is 0 Å². The molecule has 0 aliphatic rings. The van der Waals surface area contributed by atoms with Gasteiger partial charge >= 0.3 is 0 Å². The number of rotatable bonds is 3. The predicted octanol–water partition coefficient (Wildman–Crippen LogP) is 2.11. The van der Waals surface area contributed by atoms with E-state index in [-0.39, 0.29) is 5.56 Å². The number of imidazole rings is 1. The molecule has 1 aromatic carbocycles. The first-order valence-electron chi connectivity index (χ1n) is 6.79. The Morgan fingerprint density at radius 1 is 1.33 bits per heavy atom. The van der Waals surface area contributed by atoms with Gasteiger partial charge in [-0.3, -0.25) is 9.20 Å². The van der Waals surface area contributed by atoms with Crippen LogP contribution in [0, 0.1) is 5.92 Å². The maximum atomic E-state index is 12.8. The first-order valence-corrected chi connectivity index (χ1v) is 6.79. The molecular weight excluding hydrogens is 268 g/mol. The maximum Gasteiger partial charge on any atom is 0.277 e. The van der Waals surface area contributed by atoms with Gasteiger partial charge in [0, 0.05) is 6.54 Å². The molecule has 0 amide bonds. The summed E-state index contributed by atoms with van der Waals surface area (Å²) in [4.78, 5) is 17.0. The molecule has 0 bridgehead atoms. The van der Waals surface area contributed by atoms with Crippen molar-refractivity contribution in [3.05, 3.63) is 46.6 Å². The maximum absolute atomic E-state index is 12.8. The van der Waals surface area contributed by atoms with Gasteiger partial charge in [0.2, 0.25) is 0 Å². The second-order valence-corrected chi connectivity index (χ2v) is 5.39. The van der Waals surface area contributed by atoms with Gasteiger partial charge in [0.25, 0.3) is 5.56 Å². The van der Waals surface area contributed by atoms with E-state index in [9.17, 15) is 4.79 Å². The second-order valence-electron chi connectivity index (χ2n) is 5.39. The van der Waals surface area contributed by atoms with Gasteiger partial charge in [0.05, 0.1) is 17.2 Å². The fourth-order valence-corrected chi connectivity index (χ4v) is 2.59. The quantitative estimate of drug-likeness (QED) is 0.455. The average molecular weight is 284 g/mol. The van der Waals surface area contributed by atoms with Gasteiger partial charge in [-0.15, -0.1) is 0 Å². The Bertz CT molecular complexity index is 890. The molecule has 0 aliphatic heterocycles. The van der Waals surface area contributed by atoms with Crippen LogP contribution in [0.4, 0.5) is 0 Å². The van der Waals surface area contributed by atoms with Crippen LogP contribution in [-0.4, -0.2) is 25.4 Å². The van der Waals surface area contributed by atoms with Crippen LogP contribution in [0.2, 0.25) is 0 Å². The molecule has 0 spiro atoms. The van der Waals surface area contributed by atoms with E-state index in [4.69, 9.17) is 5.21 Å². The van der Waals surface area contributed by atoms with Gasteiger partial charge in [-0.25, -0.2) is 4.98 Å². The molecule has 108 valence electrons. The van der Waals surface area contributed by atoms with Crippen LogP contribution in [-0.2, 0) is 6.54 Å². The van der Waals surface area contributed by atoms with Crippen molar-refractivity contribution in [2.24, 2.45) is 11.1 Å². The molecule has 2 aromatic heterocycles. The molecule has 0 radical (unpaired) electrons. The minimum atomic E-state index is -0.130. The highest BCUT2D eigenvalue weighted by Crippen LogP contribution is 2.16. The zero-order valence-corrected chi connectivity index (χ0v) is 11.9. The highest BCUT2D eigenvalue weighted by molar-refractivity contribution is 5.89. The van der Waals surface area contributed by atoms with Crippen LogP contribution >= 0.6 is 0 Å². The smallest absolute Gasteiger partial charge is 0.277 e. The van der Waals surface area contributed by atoms with E-state index in [1.165, 1.54) is 6.21 Å². The van der Waals surface area contributed by atoms with Crippen molar-refractivity contribution < 1.29 is 5.21 Å². The van der Waals surface area contributed by atoms with Crippen molar-refractivity contribution in [3.8, 4) is 0 Å². The Morgan fingerprint density at radius 2 is 2.05 bits per heavy atom. The van der Waals surface area contributed by atoms with Crippen molar-refractivity contribution in [1.82, 2.24) is 14.0 Å². The molecule has 2 heterocycles. The van der Waals surface area contributed by atoms with Gasteiger partial charge in [0.1, 0.15) is 17.5 Å². The summed E-state index contributed by atoms with van der Waals surface area (Å²) >= 11 is 0. The number of fused-ring (bicyclic) bond motifs is 3. The molecule has 0 fully saturated rings. The Balaban J connectivity index is 2.49. The van der Waals surface area contributed by atoms with Crippen LogP contribution in [0.1, 0.15) is 19.5 Å². The lowest BCUT2D eigenvalue weighted by Crippen LogP contribution is -2.25. The number of para-hydroxylation sites is 2. The summed E-state index contributed by atoms with van der Waals surface area (Å²) in [6, 6.07) is 7.71. The van der Waals surface area contributed by atoms with E-state index < -0.39 is 0 Å². The first-order chi connectivity index (χ1) is 10.1. The third-order valence-corrected chi connectivity index (χ3v) is 3.40. The number of nitrogens with zero attached hydrogens (tertiary/aromatic N) is 4. The van der Waals surface area contributed by atoms with Crippen LogP contribution in [0.15, 0.2) is 40.5 Å². The summed E-state index contributed by atoms with van der Waals surface area (Å²) in [6.07, 6.45) is 2.76. The Kier molecular flexibility index (Phi) is 3.21. The third kappa shape index (κ3) is 2.08. The Hall–Kier alpha value is -2.63. The van der Waals surface area contributed by atoms with E-state index in [1.807, 2.05) is 24.3 Å². The van der Waals surface area contributed by atoms with Crippen LogP contribution in [0.25, 0.3) is 16.6 Å². The molecule has 0 aliphatic carbocycles. The fraction of sp³-hybridized carbons (Fsp3) is 0.267. The first kappa shape index (κ1) is 13.4. The topological polar surface area (TPSA) is 71.9 Å². The predicted molar refractivity (Wildman–Crippen MR) is 81.2 cm³/mol. The summed E-state index contributed by atoms with van der Waals surface area (Å²) in [5.74, 6) is 0.339. The summed E-state index contributed by atoms with van der Waals surface area (Å²) in [7, 11) is 0. The monoisotopic (exact) mass is 284 g/mol. The Morgan fingerprint density at radius 3 is 2.71 bits per heavy atom. The minimum absolute atomic E-state index is 0.130. The highest BCUT2D eigenvalue weighted by atomic mass is 16.4. The van der Waals surface area contributed by atoms with Gasteiger partial charge in [-0.1, -0.05) is 31.1 Å². The van der Waals surface area contributed by atoms with Crippen LogP contribution in [0.3, 0.4) is 0 Å². The molecule has 3 rings (SSSR count). The zero-order chi connectivity index (χ0) is 15.0. The lowest BCUT2D eigenvalue weighted by Gasteiger charge is -2.14. The highest BCUT2D eigenvalue weighted by Gasteiger charge is 2.15. The number of oxime groups is 1. The van der Waals surface area contributed by atoms with Crippen LogP contribution < -0.4 is 5.56 Å². The molecular formula is C15H16N4O2. The summed E-state index contributed by atoms with van der Waals surface area (Å²) in [5.41, 5.74) is 2.43. The zero-order valence-electron chi connectivity index (χ0n) is 11.9. The standard InChI is InChI=1S/C15H16N4O2/c1-10(2)8-18-12-5-3-4-6-13(12)19-9-16-11(7-17-21)14(19)15(18)20/h3-7,9-10,21H,8H2,1-2H3/b17-7-. The van der Waals surface area contributed by atoms with Crippen molar-refractivity contribution in [2.75, 3.05) is 0 Å². The van der Waals surface area contributed by atoms with E-state index in [0.29, 0.717) is 23.7 Å². The largest absolute Gasteiger partial charge is 0.411 e. The molecule has 0 saturated carbocycles. The summed E-state index contributed by atoms with van der Waals surface area (Å²) < 4.78 is 3.50. The molecule has 0 saturated heterocycles. The average Bonchev–Trinajstić information content (AvgIpc) is 2.88. The van der Waals surface area contributed by atoms with E-state index in [1.54, 1.807) is 15.3 Å². The molecule has 0 unspecified atom stereocenters. The van der Waals surface area contributed by atoms with Crippen molar-refractivity contribution >= 4 is 22.8 Å². The summed E-state index contributed by atoms with van der Waals surface area (Å²) in [6.45, 7) is 4.76. The van der Waals surface area contributed by atoms with Crippen molar-refractivity contribution in [3.63, 3.8) is 0 Å². The van der Waals surface area contributed by atoms with Crippen LogP contribution in [0.5, 0.6) is 0 Å². The lowest BCUT2D eigenvalue weighted by molar-refractivity contribution is 0.322. The SMILES string of the molecule is CC(C)Cn1c(=O)c2c(/C=N\O)ncn2c2ccccc21. The van der Waals surface area contributed by atoms with Gasteiger partial charge in [-0.2, -0.15) is 0 Å². The molecule has 6 nitrogen and oxygen atoms in total. The van der Waals surface area contributed by atoms with E-state index >= 15 is 0 Å². The molecule has 6 heteroatoms. The molecule has 3 aromatic rings. The number of benzene rings is 1. The number of aromatic nitrogens is 3. The minimum Gasteiger partial charge on any atom is -0.411 e. The fourth-order valence-electron chi connectivity index (χ4n) is 2.59.